The van der Waals surface area contributed by atoms with E-state index in [-0.39, 0.29) is 17.6 Å². The summed E-state index contributed by atoms with van der Waals surface area (Å²) in [5.74, 6) is -10.1. The zero-order chi connectivity index (χ0) is 18.8. The van der Waals surface area contributed by atoms with Crippen LogP contribution in [0.15, 0.2) is 12.3 Å². The van der Waals surface area contributed by atoms with E-state index in [0.717, 1.165) is 36.8 Å². The number of nitrogens with one attached hydrogen (secondary N) is 1. The van der Waals surface area contributed by atoms with Crippen LogP contribution >= 0.6 is 0 Å². The number of carbonyl (C=O) groups excluding carboxylic acids is 1. The topological polar surface area (TPSA) is 46.9 Å². The van der Waals surface area contributed by atoms with Gasteiger partial charge in [-0.1, -0.05) is 19.3 Å². The number of aromatic nitrogens is 2. The fraction of sp³-hybridized carbons (Fsp3) is 0.412. The maximum absolute atomic E-state index is 13.7. The van der Waals surface area contributed by atoms with Gasteiger partial charge in [-0.25, -0.2) is 22.0 Å². The zero-order valence-electron chi connectivity index (χ0n) is 13.7. The molecule has 1 aromatic heterocycles. The van der Waals surface area contributed by atoms with Gasteiger partial charge in [0.25, 0.3) is 0 Å². The van der Waals surface area contributed by atoms with Crippen molar-refractivity contribution in [2.45, 2.75) is 38.6 Å². The first-order valence-electron chi connectivity index (χ1n) is 8.23. The standard InChI is InChI=1S/C17H16F5N3O/c18-12-10(13(19)15(21)16(22)14(12)20)8-25-7-6-11(24-25)23-17(26)9-4-2-1-3-5-9/h6-7,9H,1-5,8H2,(H,23,24,26). The van der Waals surface area contributed by atoms with Gasteiger partial charge < -0.3 is 5.32 Å². The summed E-state index contributed by atoms with van der Waals surface area (Å²) in [6.07, 6.45) is 5.92. The molecule has 0 spiro atoms. The van der Waals surface area contributed by atoms with Crippen LogP contribution in [0.4, 0.5) is 27.8 Å². The van der Waals surface area contributed by atoms with Crippen LogP contribution in [-0.4, -0.2) is 15.7 Å². The summed E-state index contributed by atoms with van der Waals surface area (Å²) in [4.78, 5) is 12.1. The van der Waals surface area contributed by atoms with Crippen molar-refractivity contribution in [3.05, 3.63) is 46.9 Å². The van der Waals surface area contributed by atoms with Crippen LogP contribution in [0.25, 0.3) is 0 Å². The van der Waals surface area contributed by atoms with Crippen molar-refractivity contribution in [3.8, 4) is 0 Å². The molecule has 1 saturated carbocycles. The predicted octanol–water partition coefficient (Wildman–Crippen LogP) is 4.15. The van der Waals surface area contributed by atoms with E-state index in [0.29, 0.717) is 0 Å². The van der Waals surface area contributed by atoms with E-state index in [1.54, 1.807) is 0 Å². The highest BCUT2D eigenvalue weighted by Gasteiger charge is 2.26. The summed E-state index contributed by atoms with van der Waals surface area (Å²) in [5, 5.41) is 6.53. The quantitative estimate of drug-likeness (QED) is 0.497. The monoisotopic (exact) mass is 373 g/mol. The molecule has 2 aromatic rings. The highest BCUT2D eigenvalue weighted by molar-refractivity contribution is 5.91. The molecule has 0 unspecified atom stereocenters. The molecule has 1 aromatic carbocycles. The Morgan fingerprint density at radius 3 is 2.19 bits per heavy atom. The van der Waals surface area contributed by atoms with E-state index >= 15 is 0 Å². The SMILES string of the molecule is O=C(Nc1ccn(Cc2c(F)c(F)c(F)c(F)c2F)n1)C1CCCCC1. The fourth-order valence-electron chi connectivity index (χ4n) is 3.06. The molecule has 1 fully saturated rings. The molecule has 1 N–H and O–H groups in total. The van der Waals surface area contributed by atoms with Gasteiger partial charge in [-0.05, 0) is 12.8 Å². The second kappa shape index (κ2) is 7.43. The van der Waals surface area contributed by atoms with Crippen LogP contribution in [0.2, 0.25) is 0 Å². The van der Waals surface area contributed by atoms with Gasteiger partial charge in [0.15, 0.2) is 29.1 Å². The lowest BCUT2D eigenvalue weighted by molar-refractivity contribution is -0.120. The molecule has 140 valence electrons. The molecule has 0 bridgehead atoms. The minimum atomic E-state index is -2.20. The van der Waals surface area contributed by atoms with Gasteiger partial charge in [0, 0.05) is 18.2 Å². The van der Waals surface area contributed by atoms with Crippen molar-refractivity contribution in [2.24, 2.45) is 5.92 Å². The summed E-state index contributed by atoms with van der Waals surface area (Å²) in [5.41, 5.74) is -0.991. The van der Waals surface area contributed by atoms with Crippen molar-refractivity contribution in [1.82, 2.24) is 9.78 Å². The Kier molecular flexibility index (Phi) is 5.24. The smallest absolute Gasteiger partial charge is 0.228 e. The van der Waals surface area contributed by atoms with Crippen LogP contribution in [0, 0.1) is 35.0 Å². The van der Waals surface area contributed by atoms with Gasteiger partial charge in [0.2, 0.25) is 11.7 Å². The molecular weight excluding hydrogens is 357 g/mol. The third-order valence-electron chi connectivity index (χ3n) is 4.49. The van der Waals surface area contributed by atoms with Crippen LogP contribution in [0.1, 0.15) is 37.7 Å². The van der Waals surface area contributed by atoms with Crippen molar-refractivity contribution >= 4 is 11.7 Å². The van der Waals surface area contributed by atoms with E-state index in [9.17, 15) is 26.7 Å². The summed E-state index contributed by atoms with van der Waals surface area (Å²) in [7, 11) is 0. The second-order valence-electron chi connectivity index (χ2n) is 6.27. The average Bonchev–Trinajstić information content (AvgIpc) is 3.09. The minimum Gasteiger partial charge on any atom is -0.309 e. The molecule has 26 heavy (non-hydrogen) atoms. The molecule has 3 rings (SSSR count). The largest absolute Gasteiger partial charge is 0.309 e. The summed E-state index contributed by atoms with van der Waals surface area (Å²) in [6.45, 7) is -0.662. The molecular formula is C17H16F5N3O. The highest BCUT2D eigenvalue weighted by atomic mass is 19.2. The molecule has 4 nitrogen and oxygen atoms in total. The third kappa shape index (κ3) is 3.56. The van der Waals surface area contributed by atoms with Crippen molar-refractivity contribution in [1.29, 1.82) is 0 Å². The number of rotatable bonds is 4. The molecule has 0 aliphatic heterocycles. The lowest BCUT2D eigenvalue weighted by Crippen LogP contribution is -2.25. The van der Waals surface area contributed by atoms with E-state index in [4.69, 9.17) is 0 Å². The fourth-order valence-corrected chi connectivity index (χ4v) is 3.06. The van der Waals surface area contributed by atoms with Gasteiger partial charge >= 0.3 is 0 Å². The normalized spacial score (nSPS) is 15.3. The average molecular weight is 373 g/mol. The Hall–Kier alpha value is -2.45. The number of hydrogen-bond donors (Lipinski definition) is 1. The Morgan fingerprint density at radius 1 is 1.00 bits per heavy atom. The molecule has 1 heterocycles. The number of hydrogen-bond acceptors (Lipinski definition) is 2. The molecule has 9 heteroatoms. The second-order valence-corrected chi connectivity index (χ2v) is 6.27. The lowest BCUT2D eigenvalue weighted by Gasteiger charge is -2.19. The van der Waals surface area contributed by atoms with Crippen LogP contribution < -0.4 is 5.32 Å². The number of amides is 1. The summed E-state index contributed by atoms with van der Waals surface area (Å²) >= 11 is 0. The maximum atomic E-state index is 13.7. The maximum Gasteiger partial charge on any atom is 0.228 e. The minimum absolute atomic E-state index is 0.107. The first-order chi connectivity index (χ1) is 12.4. The Bertz CT molecular complexity index is 801. The predicted molar refractivity (Wildman–Crippen MR) is 82.8 cm³/mol. The van der Waals surface area contributed by atoms with Crippen molar-refractivity contribution < 1.29 is 26.7 Å². The molecule has 1 aliphatic carbocycles. The van der Waals surface area contributed by atoms with Gasteiger partial charge in [-0.15, -0.1) is 0 Å². The van der Waals surface area contributed by atoms with Crippen LogP contribution in [-0.2, 0) is 11.3 Å². The Morgan fingerprint density at radius 2 is 1.58 bits per heavy atom. The number of nitrogens with zero attached hydrogens (tertiary/aromatic N) is 2. The highest BCUT2D eigenvalue weighted by Crippen LogP contribution is 2.25. The lowest BCUT2D eigenvalue weighted by atomic mass is 9.89. The van der Waals surface area contributed by atoms with Gasteiger partial charge in [-0.3, -0.25) is 9.48 Å². The molecule has 0 saturated heterocycles. The number of anilines is 1. The molecule has 0 radical (unpaired) electrons. The summed E-state index contributed by atoms with van der Waals surface area (Å²) in [6, 6.07) is 1.40. The van der Waals surface area contributed by atoms with E-state index in [2.05, 4.69) is 10.4 Å². The van der Waals surface area contributed by atoms with Crippen molar-refractivity contribution in [3.63, 3.8) is 0 Å². The van der Waals surface area contributed by atoms with E-state index in [1.165, 1.54) is 12.3 Å². The van der Waals surface area contributed by atoms with Crippen LogP contribution in [0.3, 0.4) is 0 Å². The third-order valence-corrected chi connectivity index (χ3v) is 4.49. The zero-order valence-corrected chi connectivity index (χ0v) is 13.7. The Labute approximate surface area is 146 Å². The van der Waals surface area contributed by atoms with Gasteiger partial charge in [-0.2, -0.15) is 5.10 Å². The van der Waals surface area contributed by atoms with Crippen LogP contribution in [0.5, 0.6) is 0 Å². The number of halogens is 5. The number of benzene rings is 1. The van der Waals surface area contributed by atoms with E-state index < -0.39 is 41.2 Å². The van der Waals surface area contributed by atoms with E-state index in [1.807, 2.05) is 0 Å². The van der Waals surface area contributed by atoms with Crippen molar-refractivity contribution in [2.75, 3.05) is 5.32 Å². The first-order valence-corrected chi connectivity index (χ1v) is 8.23. The number of carbonyl (C=O) groups is 1. The molecule has 1 amide bonds. The molecule has 1 aliphatic rings. The van der Waals surface area contributed by atoms with Gasteiger partial charge in [0.05, 0.1) is 12.1 Å². The Balaban J connectivity index is 1.74. The summed E-state index contributed by atoms with van der Waals surface area (Å²) < 4.78 is 68.0. The molecule has 0 atom stereocenters. The van der Waals surface area contributed by atoms with Gasteiger partial charge in [0.1, 0.15) is 0 Å². The first kappa shape index (κ1) is 18.3.